The Morgan fingerprint density at radius 3 is 2.00 bits per heavy atom. The first-order valence-corrected chi connectivity index (χ1v) is 4.21. The van der Waals surface area contributed by atoms with Gasteiger partial charge in [0.25, 0.3) is 10.1 Å². The standard InChI is InChI=1S/C6H6O4S.H3N/c7-5-3-1-2-4-6(5)11(8,9)10;/h1-4,7H,(H,8,9,10);1H3. The van der Waals surface area contributed by atoms with Crippen LogP contribution < -0.4 is 6.15 Å². The maximum Gasteiger partial charge on any atom is 0.298 e. The Morgan fingerprint density at radius 1 is 1.17 bits per heavy atom. The van der Waals surface area contributed by atoms with Crippen LogP contribution >= 0.6 is 0 Å². The van der Waals surface area contributed by atoms with Crippen LogP contribution in [0.3, 0.4) is 0 Å². The van der Waals surface area contributed by atoms with Gasteiger partial charge in [0.05, 0.1) is 0 Å². The molecule has 0 saturated carbocycles. The molecule has 68 valence electrons. The van der Waals surface area contributed by atoms with E-state index in [0.717, 1.165) is 6.07 Å². The Morgan fingerprint density at radius 2 is 1.67 bits per heavy atom. The first-order chi connectivity index (χ1) is 5.02. The molecule has 5 nitrogen and oxygen atoms in total. The zero-order valence-corrected chi connectivity index (χ0v) is 6.95. The van der Waals surface area contributed by atoms with Crippen LogP contribution in [0.2, 0.25) is 0 Å². The van der Waals surface area contributed by atoms with Crippen LogP contribution in [0, 0.1) is 0 Å². The minimum absolute atomic E-state index is 0. The summed E-state index contributed by atoms with van der Waals surface area (Å²) in [5.41, 5.74) is 0. The normalized spacial score (nSPS) is 10.4. The van der Waals surface area contributed by atoms with E-state index in [-0.39, 0.29) is 6.15 Å². The quantitative estimate of drug-likeness (QED) is 0.569. The van der Waals surface area contributed by atoms with E-state index in [1.165, 1.54) is 18.2 Å². The van der Waals surface area contributed by atoms with Crippen molar-refractivity contribution in [3.63, 3.8) is 0 Å². The fourth-order valence-electron chi connectivity index (χ4n) is 0.675. The predicted octanol–water partition coefficient (Wildman–Crippen LogP) is 0.801. The highest BCUT2D eigenvalue weighted by molar-refractivity contribution is 7.86. The van der Waals surface area contributed by atoms with Gasteiger partial charge in [-0.3, -0.25) is 4.55 Å². The average Bonchev–Trinajstić information content (AvgIpc) is 1.86. The molecule has 1 aromatic carbocycles. The van der Waals surface area contributed by atoms with E-state index in [9.17, 15) is 8.42 Å². The molecule has 6 heteroatoms. The van der Waals surface area contributed by atoms with Gasteiger partial charge in [-0.25, -0.2) is 0 Å². The maximum atomic E-state index is 10.4. The van der Waals surface area contributed by atoms with Gasteiger partial charge in [0.2, 0.25) is 0 Å². The Balaban J connectivity index is 0.00000121. The molecule has 0 saturated heterocycles. The number of rotatable bonds is 1. The summed E-state index contributed by atoms with van der Waals surface area (Å²) < 4.78 is 29.4. The minimum atomic E-state index is -4.28. The lowest BCUT2D eigenvalue weighted by atomic mass is 10.3. The van der Waals surface area contributed by atoms with E-state index in [1.54, 1.807) is 0 Å². The van der Waals surface area contributed by atoms with Gasteiger partial charge < -0.3 is 11.3 Å². The Bertz CT molecular complexity index is 360. The molecular weight excluding hydrogens is 182 g/mol. The summed E-state index contributed by atoms with van der Waals surface area (Å²) in [4.78, 5) is -0.472. The first kappa shape index (κ1) is 10.9. The largest absolute Gasteiger partial charge is 0.506 e. The lowest BCUT2D eigenvalue weighted by Gasteiger charge is -1.97. The van der Waals surface area contributed by atoms with E-state index in [0.29, 0.717) is 0 Å². The summed E-state index contributed by atoms with van der Waals surface area (Å²) in [7, 11) is -4.28. The van der Waals surface area contributed by atoms with Crippen molar-refractivity contribution in [2.45, 2.75) is 4.90 Å². The number of phenolic OH excluding ortho intramolecular Hbond substituents is 1. The molecular formula is C6H9NO4S. The fraction of sp³-hybridized carbons (Fsp3) is 0. The van der Waals surface area contributed by atoms with Crippen molar-refractivity contribution in [1.29, 1.82) is 0 Å². The summed E-state index contributed by atoms with van der Waals surface area (Å²) in [5, 5.41) is 8.91. The smallest absolute Gasteiger partial charge is 0.298 e. The minimum Gasteiger partial charge on any atom is -0.506 e. The number of benzene rings is 1. The topological polar surface area (TPSA) is 110 Å². The zero-order valence-electron chi connectivity index (χ0n) is 6.14. The van der Waals surface area contributed by atoms with E-state index in [4.69, 9.17) is 9.66 Å². The van der Waals surface area contributed by atoms with Crippen molar-refractivity contribution in [3.8, 4) is 5.75 Å². The second kappa shape index (κ2) is 3.53. The molecule has 0 aliphatic heterocycles. The molecule has 0 radical (unpaired) electrons. The van der Waals surface area contributed by atoms with Crippen molar-refractivity contribution >= 4 is 10.1 Å². The van der Waals surface area contributed by atoms with Gasteiger partial charge in [-0.05, 0) is 12.1 Å². The van der Waals surface area contributed by atoms with Gasteiger partial charge in [-0.1, -0.05) is 12.1 Å². The van der Waals surface area contributed by atoms with E-state index in [2.05, 4.69) is 0 Å². The van der Waals surface area contributed by atoms with Gasteiger partial charge in [0.15, 0.2) is 0 Å². The molecule has 0 aliphatic carbocycles. The summed E-state index contributed by atoms with van der Waals surface area (Å²) >= 11 is 0. The van der Waals surface area contributed by atoms with Gasteiger partial charge in [0.1, 0.15) is 10.6 Å². The molecule has 0 spiro atoms. The average molecular weight is 191 g/mol. The molecule has 1 rings (SSSR count). The van der Waals surface area contributed by atoms with Crippen molar-refractivity contribution < 1.29 is 18.1 Å². The van der Waals surface area contributed by atoms with Crippen LogP contribution in [0.15, 0.2) is 29.2 Å². The van der Waals surface area contributed by atoms with Crippen molar-refractivity contribution in [1.82, 2.24) is 6.15 Å². The Labute approximate surface area is 70.0 Å². The molecule has 5 N–H and O–H groups in total. The monoisotopic (exact) mass is 191 g/mol. The SMILES string of the molecule is N.O=S(=O)(O)c1ccccc1O. The molecule has 0 heterocycles. The van der Waals surface area contributed by atoms with Crippen LogP contribution in [-0.4, -0.2) is 18.1 Å². The number of hydrogen-bond acceptors (Lipinski definition) is 4. The molecule has 0 aromatic heterocycles. The van der Waals surface area contributed by atoms with Crippen LogP contribution in [0.5, 0.6) is 5.75 Å². The summed E-state index contributed by atoms with van der Waals surface area (Å²) in [6.45, 7) is 0. The third kappa shape index (κ3) is 2.19. The van der Waals surface area contributed by atoms with E-state index >= 15 is 0 Å². The van der Waals surface area contributed by atoms with Crippen molar-refractivity contribution in [2.75, 3.05) is 0 Å². The third-order valence-electron chi connectivity index (χ3n) is 1.14. The van der Waals surface area contributed by atoms with Crippen LogP contribution in [-0.2, 0) is 10.1 Å². The maximum absolute atomic E-state index is 10.4. The number of phenols is 1. The highest BCUT2D eigenvalue weighted by atomic mass is 32.2. The number of para-hydroxylation sites is 1. The second-order valence-corrected chi connectivity index (χ2v) is 3.33. The molecule has 0 unspecified atom stereocenters. The number of hydrogen-bond donors (Lipinski definition) is 3. The summed E-state index contributed by atoms with van der Waals surface area (Å²) in [6, 6.07) is 5.17. The van der Waals surface area contributed by atoms with Gasteiger partial charge in [-0.15, -0.1) is 0 Å². The molecule has 12 heavy (non-hydrogen) atoms. The lowest BCUT2D eigenvalue weighted by Crippen LogP contribution is -1.97. The van der Waals surface area contributed by atoms with E-state index in [1.807, 2.05) is 0 Å². The first-order valence-electron chi connectivity index (χ1n) is 2.77. The Hall–Kier alpha value is -1.11. The molecule has 0 amide bonds. The molecule has 0 atom stereocenters. The Kier molecular flexibility index (Phi) is 3.20. The summed E-state index contributed by atoms with van der Waals surface area (Å²) in [6.07, 6.45) is 0. The van der Waals surface area contributed by atoms with Crippen LogP contribution in [0.1, 0.15) is 0 Å². The van der Waals surface area contributed by atoms with Crippen LogP contribution in [0.25, 0.3) is 0 Å². The van der Waals surface area contributed by atoms with Crippen molar-refractivity contribution in [2.24, 2.45) is 0 Å². The molecule has 1 aromatic rings. The van der Waals surface area contributed by atoms with Crippen molar-refractivity contribution in [3.05, 3.63) is 24.3 Å². The van der Waals surface area contributed by atoms with Gasteiger partial charge in [0, 0.05) is 0 Å². The third-order valence-corrected chi connectivity index (χ3v) is 2.04. The fourth-order valence-corrected chi connectivity index (χ4v) is 1.26. The van der Waals surface area contributed by atoms with Crippen LogP contribution in [0.4, 0.5) is 0 Å². The number of aromatic hydroxyl groups is 1. The second-order valence-electron chi connectivity index (χ2n) is 1.94. The molecule has 0 fully saturated rings. The lowest BCUT2D eigenvalue weighted by molar-refractivity contribution is 0.443. The zero-order chi connectivity index (χ0) is 8.48. The predicted molar refractivity (Wildman–Crippen MR) is 42.9 cm³/mol. The molecule has 0 aliphatic rings. The highest BCUT2D eigenvalue weighted by Gasteiger charge is 2.12. The summed E-state index contributed by atoms with van der Waals surface area (Å²) in [5.74, 6) is -0.449. The highest BCUT2D eigenvalue weighted by Crippen LogP contribution is 2.20. The molecule has 0 bridgehead atoms. The van der Waals surface area contributed by atoms with E-state index < -0.39 is 20.8 Å². The van der Waals surface area contributed by atoms with Gasteiger partial charge >= 0.3 is 0 Å². The van der Waals surface area contributed by atoms with Gasteiger partial charge in [-0.2, -0.15) is 8.42 Å².